The summed E-state index contributed by atoms with van der Waals surface area (Å²) in [5.41, 5.74) is 9.39. The van der Waals surface area contributed by atoms with Crippen molar-refractivity contribution in [2.24, 2.45) is 0 Å². The zero-order valence-electron chi connectivity index (χ0n) is 11.3. The Hall–Kier alpha value is -1.72. The second-order valence-corrected chi connectivity index (χ2v) is 4.66. The maximum absolute atomic E-state index is 12.3. The first-order chi connectivity index (χ1) is 9.25. The lowest BCUT2D eigenvalue weighted by Gasteiger charge is -2.30. The third-order valence-corrected chi connectivity index (χ3v) is 3.41. The molecule has 3 rings (SSSR count). The molecule has 0 atom stereocenters. The summed E-state index contributed by atoms with van der Waals surface area (Å²) in [6.45, 7) is 0.729. The fourth-order valence-electron chi connectivity index (χ4n) is 2.49. The van der Waals surface area contributed by atoms with E-state index in [1.807, 2.05) is 18.2 Å². The number of hydrogen-bond donors (Lipinski definition) is 1. The highest BCUT2D eigenvalue weighted by atomic mass is 35.5. The van der Waals surface area contributed by atoms with Crippen molar-refractivity contribution in [1.29, 1.82) is 0 Å². The standard InChI is InChI=1S/C14H15N3O2.2ClH/c15-12-4-1-5-13-11(12)3-2-7-17(13)14(18)9-10-6-8-19-16-10;;/h1,4-6,8H,2-3,7,9,15H2;2*1H. The topological polar surface area (TPSA) is 72.4 Å². The molecule has 0 bridgehead atoms. The lowest BCUT2D eigenvalue weighted by atomic mass is 9.99. The number of anilines is 2. The molecule has 7 heteroatoms. The molecule has 1 aromatic heterocycles. The van der Waals surface area contributed by atoms with Gasteiger partial charge >= 0.3 is 0 Å². The average Bonchev–Trinajstić information content (AvgIpc) is 2.91. The van der Waals surface area contributed by atoms with Crippen LogP contribution in [-0.2, 0) is 17.6 Å². The normalized spacial score (nSPS) is 12.9. The van der Waals surface area contributed by atoms with Crippen LogP contribution < -0.4 is 10.6 Å². The molecule has 0 saturated carbocycles. The van der Waals surface area contributed by atoms with Crippen LogP contribution in [-0.4, -0.2) is 17.6 Å². The minimum Gasteiger partial charge on any atom is -0.398 e. The molecule has 2 aromatic rings. The van der Waals surface area contributed by atoms with Crippen molar-refractivity contribution in [2.45, 2.75) is 19.3 Å². The number of amides is 1. The molecule has 2 heterocycles. The SMILES string of the molecule is Cl.Cl.Nc1cccc2c1CCCN2C(=O)Cc1ccon1. The number of carbonyl (C=O) groups is 1. The highest BCUT2D eigenvalue weighted by molar-refractivity contribution is 5.96. The monoisotopic (exact) mass is 329 g/mol. The molecule has 0 radical (unpaired) electrons. The maximum atomic E-state index is 12.3. The summed E-state index contributed by atoms with van der Waals surface area (Å²) in [5.74, 6) is 0.0282. The molecule has 1 aromatic carbocycles. The number of nitrogens with two attached hydrogens (primary N) is 1. The Morgan fingerprint density at radius 3 is 2.86 bits per heavy atom. The Morgan fingerprint density at radius 2 is 2.14 bits per heavy atom. The summed E-state index contributed by atoms with van der Waals surface area (Å²) in [6.07, 6.45) is 3.59. The quantitative estimate of drug-likeness (QED) is 0.859. The second-order valence-electron chi connectivity index (χ2n) is 4.66. The molecule has 5 nitrogen and oxygen atoms in total. The van der Waals surface area contributed by atoms with Crippen molar-refractivity contribution >= 4 is 42.1 Å². The number of nitrogens with zero attached hydrogens (tertiary/aromatic N) is 2. The molecule has 0 aliphatic carbocycles. The zero-order chi connectivity index (χ0) is 13.2. The third kappa shape index (κ3) is 3.49. The van der Waals surface area contributed by atoms with E-state index in [2.05, 4.69) is 5.16 Å². The summed E-state index contributed by atoms with van der Waals surface area (Å²) in [4.78, 5) is 14.1. The largest absolute Gasteiger partial charge is 0.398 e. The lowest BCUT2D eigenvalue weighted by molar-refractivity contribution is -0.118. The van der Waals surface area contributed by atoms with Crippen molar-refractivity contribution < 1.29 is 9.32 Å². The lowest BCUT2D eigenvalue weighted by Crippen LogP contribution is -2.36. The van der Waals surface area contributed by atoms with E-state index < -0.39 is 0 Å². The Kier molecular flexibility index (Phi) is 6.05. The molecule has 0 fully saturated rings. The van der Waals surface area contributed by atoms with Gasteiger partial charge in [0.2, 0.25) is 5.91 Å². The summed E-state index contributed by atoms with van der Waals surface area (Å²) >= 11 is 0. The minimum absolute atomic E-state index is 0. The van der Waals surface area contributed by atoms with Crippen LogP contribution in [0.4, 0.5) is 11.4 Å². The van der Waals surface area contributed by atoms with E-state index in [0.29, 0.717) is 5.69 Å². The van der Waals surface area contributed by atoms with Crippen LogP contribution in [0.5, 0.6) is 0 Å². The molecule has 0 unspecified atom stereocenters. The Bertz CT molecular complexity index is 602. The molecular weight excluding hydrogens is 313 g/mol. The highest BCUT2D eigenvalue weighted by Gasteiger charge is 2.24. The van der Waals surface area contributed by atoms with Gasteiger partial charge < -0.3 is 15.2 Å². The van der Waals surface area contributed by atoms with Gasteiger partial charge in [0.15, 0.2) is 0 Å². The van der Waals surface area contributed by atoms with E-state index >= 15 is 0 Å². The molecule has 0 saturated heterocycles. The van der Waals surface area contributed by atoms with Crippen molar-refractivity contribution in [3.05, 3.63) is 41.8 Å². The Labute approximate surface area is 135 Å². The van der Waals surface area contributed by atoms with E-state index in [4.69, 9.17) is 10.3 Å². The molecule has 2 N–H and O–H groups in total. The molecule has 114 valence electrons. The summed E-state index contributed by atoms with van der Waals surface area (Å²) < 4.78 is 4.75. The van der Waals surface area contributed by atoms with Gasteiger partial charge in [0.1, 0.15) is 6.26 Å². The number of rotatable bonds is 2. The van der Waals surface area contributed by atoms with E-state index in [1.54, 1.807) is 11.0 Å². The van der Waals surface area contributed by atoms with Gasteiger partial charge in [-0.3, -0.25) is 4.79 Å². The van der Waals surface area contributed by atoms with Gasteiger partial charge in [0.25, 0.3) is 0 Å². The number of benzene rings is 1. The van der Waals surface area contributed by atoms with E-state index in [0.717, 1.165) is 36.3 Å². The Morgan fingerprint density at radius 1 is 1.33 bits per heavy atom. The van der Waals surface area contributed by atoms with Crippen molar-refractivity contribution in [1.82, 2.24) is 5.16 Å². The second kappa shape index (κ2) is 7.33. The van der Waals surface area contributed by atoms with Gasteiger partial charge in [0, 0.05) is 24.0 Å². The van der Waals surface area contributed by atoms with Crippen LogP contribution in [0.25, 0.3) is 0 Å². The van der Waals surface area contributed by atoms with Gasteiger partial charge in [0.05, 0.1) is 12.1 Å². The number of nitrogen functional groups attached to an aromatic ring is 1. The minimum atomic E-state index is 0. The number of carbonyl (C=O) groups excluding carboxylic acids is 1. The first kappa shape index (κ1) is 17.3. The number of aromatic nitrogens is 1. The molecule has 1 aliphatic rings. The smallest absolute Gasteiger partial charge is 0.233 e. The van der Waals surface area contributed by atoms with Crippen molar-refractivity contribution in [3.63, 3.8) is 0 Å². The summed E-state index contributed by atoms with van der Waals surface area (Å²) in [5, 5.41) is 3.78. The highest BCUT2D eigenvalue weighted by Crippen LogP contribution is 2.31. The van der Waals surface area contributed by atoms with Crippen LogP contribution >= 0.6 is 24.8 Å². The van der Waals surface area contributed by atoms with Crippen molar-refractivity contribution in [2.75, 3.05) is 17.2 Å². The Balaban J connectivity index is 0.00000110. The van der Waals surface area contributed by atoms with Crippen LogP contribution in [0.2, 0.25) is 0 Å². The maximum Gasteiger partial charge on any atom is 0.233 e. The van der Waals surface area contributed by atoms with E-state index in [-0.39, 0.29) is 37.1 Å². The van der Waals surface area contributed by atoms with Gasteiger partial charge in [-0.25, -0.2) is 0 Å². The fraction of sp³-hybridized carbons (Fsp3) is 0.286. The number of halogens is 2. The predicted octanol–water partition coefficient (Wildman–Crippen LogP) is 2.62. The van der Waals surface area contributed by atoms with Crippen LogP contribution in [0, 0.1) is 0 Å². The fourth-order valence-corrected chi connectivity index (χ4v) is 2.49. The van der Waals surface area contributed by atoms with Gasteiger partial charge in [-0.2, -0.15) is 0 Å². The molecular formula is C14H17Cl2N3O2. The molecule has 1 amide bonds. The van der Waals surface area contributed by atoms with Gasteiger partial charge in [-0.1, -0.05) is 11.2 Å². The average molecular weight is 330 g/mol. The van der Waals surface area contributed by atoms with Crippen LogP contribution in [0.15, 0.2) is 35.1 Å². The molecule has 21 heavy (non-hydrogen) atoms. The summed E-state index contributed by atoms with van der Waals surface area (Å²) in [6, 6.07) is 7.42. The van der Waals surface area contributed by atoms with Crippen LogP contribution in [0.1, 0.15) is 17.7 Å². The van der Waals surface area contributed by atoms with Gasteiger partial charge in [-0.15, -0.1) is 24.8 Å². The third-order valence-electron chi connectivity index (χ3n) is 3.41. The van der Waals surface area contributed by atoms with Crippen LogP contribution in [0.3, 0.4) is 0 Å². The van der Waals surface area contributed by atoms with Crippen molar-refractivity contribution in [3.8, 4) is 0 Å². The molecule has 1 aliphatic heterocycles. The zero-order valence-corrected chi connectivity index (χ0v) is 13.0. The predicted molar refractivity (Wildman–Crippen MR) is 86.2 cm³/mol. The number of hydrogen-bond acceptors (Lipinski definition) is 4. The summed E-state index contributed by atoms with van der Waals surface area (Å²) in [7, 11) is 0. The molecule has 0 spiro atoms. The van der Waals surface area contributed by atoms with E-state index in [9.17, 15) is 4.79 Å². The van der Waals surface area contributed by atoms with E-state index in [1.165, 1.54) is 6.26 Å². The number of fused-ring (bicyclic) bond motifs is 1. The first-order valence-corrected chi connectivity index (χ1v) is 6.32. The van der Waals surface area contributed by atoms with Gasteiger partial charge in [-0.05, 0) is 30.5 Å². The first-order valence-electron chi connectivity index (χ1n) is 6.32.